The Kier molecular flexibility index (Phi) is 3.08. The fourth-order valence-corrected chi connectivity index (χ4v) is 0.224. The van der Waals surface area contributed by atoms with Gasteiger partial charge >= 0.3 is 0 Å². The molecule has 6 heavy (non-hydrogen) atoms. The summed E-state index contributed by atoms with van der Waals surface area (Å²) in [6, 6.07) is 0. The molecule has 0 aliphatic rings. The zero-order valence-corrected chi connectivity index (χ0v) is 4.44. The molecule has 0 fully saturated rings. The van der Waals surface area contributed by atoms with Crippen LogP contribution in [0.5, 0.6) is 0 Å². The second-order valence-electron chi connectivity index (χ2n) is 1.22. The molecule has 2 N–H and O–H groups in total. The van der Waals surface area contributed by atoms with Gasteiger partial charge in [0, 0.05) is 13.1 Å². The van der Waals surface area contributed by atoms with Gasteiger partial charge in [-0.3, -0.25) is 5.84 Å². The van der Waals surface area contributed by atoms with Crippen molar-refractivity contribution < 1.29 is 0 Å². The highest BCUT2D eigenvalue weighted by Gasteiger charge is 1.82. The van der Waals surface area contributed by atoms with Crippen molar-refractivity contribution in [2.24, 2.45) is 5.84 Å². The molecular weight excluding hydrogens is 76.1 g/mol. The van der Waals surface area contributed by atoms with Crippen LogP contribution in [0.4, 0.5) is 0 Å². The topological polar surface area (TPSA) is 29.3 Å². The second kappa shape index (κ2) is 3.12. The van der Waals surface area contributed by atoms with Crippen molar-refractivity contribution in [3.8, 4) is 0 Å². The number of hydrazine groups is 1. The molecule has 0 aromatic carbocycles. The summed E-state index contributed by atoms with van der Waals surface area (Å²) < 4.78 is 0. The van der Waals surface area contributed by atoms with Crippen LogP contribution in [0.3, 0.4) is 0 Å². The predicted molar refractivity (Wildman–Crippen MR) is 27.1 cm³/mol. The summed E-state index contributed by atoms with van der Waals surface area (Å²) in [6.45, 7) is 5.94. The van der Waals surface area contributed by atoms with Gasteiger partial charge in [0.05, 0.1) is 0 Å². The Bertz CT molecular complexity index is 24.7. The zero-order valence-electron chi connectivity index (χ0n) is 4.44. The monoisotopic (exact) mass is 88.1 g/mol. The van der Waals surface area contributed by atoms with Crippen LogP contribution < -0.4 is 5.84 Å². The summed E-state index contributed by atoms with van der Waals surface area (Å²) >= 11 is 0. The third-order valence-corrected chi connectivity index (χ3v) is 0.812. The highest BCUT2D eigenvalue weighted by Crippen LogP contribution is 1.68. The highest BCUT2D eigenvalue weighted by atomic mass is 15.4. The summed E-state index contributed by atoms with van der Waals surface area (Å²) in [5.74, 6) is 5.31. The third kappa shape index (κ3) is 2.18. The lowest BCUT2D eigenvalue weighted by atomic mass is 10.6. The van der Waals surface area contributed by atoms with E-state index in [0.29, 0.717) is 0 Å². The van der Waals surface area contributed by atoms with Crippen molar-refractivity contribution in [2.75, 3.05) is 13.1 Å². The molecule has 0 radical (unpaired) electrons. The second-order valence-corrected chi connectivity index (χ2v) is 1.22. The minimum atomic E-state index is 0.941. The third-order valence-electron chi connectivity index (χ3n) is 0.812. The van der Waals surface area contributed by atoms with Crippen molar-refractivity contribution in [3.63, 3.8) is 0 Å². The van der Waals surface area contributed by atoms with Crippen molar-refractivity contribution in [1.29, 1.82) is 0 Å². The molecule has 0 saturated carbocycles. The largest absolute Gasteiger partial charge is 0.269 e. The molecule has 0 aromatic heterocycles. The van der Waals surface area contributed by atoms with Gasteiger partial charge < -0.3 is 0 Å². The first-order valence-electron chi connectivity index (χ1n) is 2.30. The Balaban J connectivity index is 2.75. The van der Waals surface area contributed by atoms with Crippen molar-refractivity contribution >= 4 is 0 Å². The Morgan fingerprint density at radius 1 is 1.33 bits per heavy atom. The molecule has 0 bridgehead atoms. The van der Waals surface area contributed by atoms with Gasteiger partial charge in [-0.2, -0.15) is 0 Å². The molecule has 0 unspecified atom stereocenters. The zero-order chi connectivity index (χ0) is 4.99. The van der Waals surface area contributed by atoms with Crippen LogP contribution in [0.1, 0.15) is 13.8 Å². The van der Waals surface area contributed by atoms with E-state index in [-0.39, 0.29) is 0 Å². The molecule has 0 rings (SSSR count). The molecule has 2 nitrogen and oxygen atoms in total. The normalized spacial score (nSPS) is 10.0. The minimum absolute atomic E-state index is 0.941. The van der Waals surface area contributed by atoms with Gasteiger partial charge in [-0.15, -0.1) is 0 Å². The van der Waals surface area contributed by atoms with Gasteiger partial charge in [-0.05, 0) is 0 Å². The Hall–Kier alpha value is -0.0800. The van der Waals surface area contributed by atoms with E-state index in [1.807, 2.05) is 13.8 Å². The molecule has 0 amide bonds. The molecule has 0 heterocycles. The maximum Gasteiger partial charge on any atom is 0.00996 e. The van der Waals surface area contributed by atoms with Crippen molar-refractivity contribution in [3.05, 3.63) is 0 Å². The standard InChI is InChI=1S/C4H12N2/c1-3-6(5)4-2/h3-5H2,1-2H3. The molecule has 0 aromatic rings. The van der Waals surface area contributed by atoms with Crippen LogP contribution in [0.15, 0.2) is 0 Å². The number of nitrogens with two attached hydrogens (primary N) is 1. The smallest absolute Gasteiger partial charge is 0.00996 e. The molecule has 2 heteroatoms. The lowest BCUT2D eigenvalue weighted by molar-refractivity contribution is 0.316. The fourth-order valence-electron chi connectivity index (χ4n) is 0.224. The van der Waals surface area contributed by atoms with E-state index in [2.05, 4.69) is 0 Å². The van der Waals surface area contributed by atoms with Gasteiger partial charge in [-0.1, -0.05) is 13.8 Å². The maximum atomic E-state index is 5.31. The number of hydrogen-bond donors (Lipinski definition) is 1. The molecular formula is C4H12N2. The number of rotatable bonds is 2. The lowest BCUT2D eigenvalue weighted by Gasteiger charge is -2.07. The minimum Gasteiger partial charge on any atom is -0.269 e. The summed E-state index contributed by atoms with van der Waals surface area (Å²) in [7, 11) is 0. The molecule has 0 atom stereocenters. The van der Waals surface area contributed by atoms with Crippen LogP contribution in [0.2, 0.25) is 0 Å². The molecule has 38 valence electrons. The average Bonchev–Trinajstić information content (AvgIpc) is 1.65. The predicted octanol–water partition coefficient (Wildman–Crippen LogP) is 0.202. The van der Waals surface area contributed by atoms with Crippen LogP contribution in [0.25, 0.3) is 0 Å². The number of nitrogens with zero attached hydrogens (tertiary/aromatic N) is 1. The first-order valence-corrected chi connectivity index (χ1v) is 2.30. The summed E-state index contributed by atoms with van der Waals surface area (Å²) in [5, 5.41) is 1.75. The quantitative estimate of drug-likeness (QED) is 0.386. The lowest BCUT2D eigenvalue weighted by Crippen LogP contribution is -2.29. The van der Waals surface area contributed by atoms with E-state index in [1.165, 1.54) is 0 Å². The molecule has 0 saturated heterocycles. The fraction of sp³-hybridized carbons (Fsp3) is 1.00. The Morgan fingerprint density at radius 3 is 1.67 bits per heavy atom. The Labute approximate surface area is 38.9 Å². The van der Waals surface area contributed by atoms with Gasteiger partial charge in [0.15, 0.2) is 0 Å². The van der Waals surface area contributed by atoms with E-state index in [1.54, 1.807) is 5.01 Å². The van der Waals surface area contributed by atoms with Crippen LogP contribution in [0, 0.1) is 0 Å². The number of hydrogen-bond acceptors (Lipinski definition) is 2. The maximum absolute atomic E-state index is 5.31. The van der Waals surface area contributed by atoms with Gasteiger partial charge in [0.1, 0.15) is 0 Å². The van der Waals surface area contributed by atoms with Gasteiger partial charge in [0.2, 0.25) is 0 Å². The Morgan fingerprint density at radius 2 is 1.67 bits per heavy atom. The van der Waals surface area contributed by atoms with Crippen LogP contribution >= 0.6 is 0 Å². The van der Waals surface area contributed by atoms with Gasteiger partial charge in [-0.25, -0.2) is 5.01 Å². The van der Waals surface area contributed by atoms with Crippen LogP contribution in [-0.2, 0) is 0 Å². The molecule has 0 aliphatic heterocycles. The SMILES string of the molecule is CCN(N)CC. The van der Waals surface area contributed by atoms with Gasteiger partial charge in [0.25, 0.3) is 0 Å². The highest BCUT2D eigenvalue weighted by molar-refractivity contribution is 4.32. The van der Waals surface area contributed by atoms with E-state index >= 15 is 0 Å². The van der Waals surface area contributed by atoms with Crippen LogP contribution in [-0.4, -0.2) is 18.1 Å². The van der Waals surface area contributed by atoms with Crippen molar-refractivity contribution in [2.45, 2.75) is 13.8 Å². The molecule has 0 aliphatic carbocycles. The summed E-state index contributed by atoms with van der Waals surface area (Å²) in [5.41, 5.74) is 0. The van der Waals surface area contributed by atoms with E-state index in [0.717, 1.165) is 13.1 Å². The first kappa shape index (κ1) is 5.92. The molecule has 0 spiro atoms. The van der Waals surface area contributed by atoms with E-state index < -0.39 is 0 Å². The summed E-state index contributed by atoms with van der Waals surface area (Å²) in [4.78, 5) is 0. The van der Waals surface area contributed by atoms with E-state index in [9.17, 15) is 0 Å². The van der Waals surface area contributed by atoms with E-state index in [4.69, 9.17) is 5.84 Å². The first-order chi connectivity index (χ1) is 2.81. The summed E-state index contributed by atoms with van der Waals surface area (Å²) in [6.07, 6.45) is 0. The average molecular weight is 88.2 g/mol. The van der Waals surface area contributed by atoms with Crippen molar-refractivity contribution in [1.82, 2.24) is 5.01 Å².